The molecule has 2 aromatic rings. The van der Waals surface area contributed by atoms with Gasteiger partial charge in [0.05, 0.1) is 17.5 Å². The summed E-state index contributed by atoms with van der Waals surface area (Å²) in [6, 6.07) is 4.53. The SMILES string of the molecule is O=C(CCc1ccco1)Nc1cc(F)c(F)cc1C(=O)O. The van der Waals surface area contributed by atoms with Crippen LogP contribution in [0.2, 0.25) is 0 Å². The van der Waals surface area contributed by atoms with Crippen LogP contribution in [0.25, 0.3) is 0 Å². The van der Waals surface area contributed by atoms with Gasteiger partial charge >= 0.3 is 5.97 Å². The Hall–Kier alpha value is -2.70. The standard InChI is InChI=1S/C14H11F2NO4/c15-10-6-9(14(19)20)12(7-11(10)16)17-13(18)4-3-8-2-1-5-21-8/h1-2,5-7H,3-4H2,(H,17,18)(H,19,20). The minimum atomic E-state index is -1.46. The van der Waals surface area contributed by atoms with Gasteiger partial charge in [-0.25, -0.2) is 13.6 Å². The molecule has 0 fully saturated rings. The molecule has 0 saturated heterocycles. The van der Waals surface area contributed by atoms with Crippen molar-refractivity contribution in [3.05, 3.63) is 53.5 Å². The van der Waals surface area contributed by atoms with Crippen molar-refractivity contribution in [2.45, 2.75) is 12.8 Å². The number of rotatable bonds is 5. The van der Waals surface area contributed by atoms with Crippen molar-refractivity contribution >= 4 is 17.6 Å². The summed E-state index contributed by atoms with van der Waals surface area (Å²) >= 11 is 0. The summed E-state index contributed by atoms with van der Waals surface area (Å²) in [5, 5.41) is 11.2. The number of anilines is 1. The molecule has 0 aliphatic carbocycles. The molecule has 0 spiro atoms. The number of nitrogens with one attached hydrogen (secondary N) is 1. The molecule has 2 N–H and O–H groups in total. The predicted octanol–water partition coefficient (Wildman–Crippen LogP) is 2.83. The number of amides is 1. The molecular formula is C14H11F2NO4. The monoisotopic (exact) mass is 295 g/mol. The van der Waals surface area contributed by atoms with Gasteiger partial charge in [0.15, 0.2) is 11.6 Å². The van der Waals surface area contributed by atoms with E-state index in [1.54, 1.807) is 12.1 Å². The number of furan rings is 1. The van der Waals surface area contributed by atoms with Crippen molar-refractivity contribution in [2.24, 2.45) is 0 Å². The van der Waals surface area contributed by atoms with Crippen LogP contribution in [0.5, 0.6) is 0 Å². The molecule has 0 bridgehead atoms. The van der Waals surface area contributed by atoms with E-state index >= 15 is 0 Å². The molecule has 0 unspecified atom stereocenters. The Kier molecular flexibility index (Phi) is 4.32. The van der Waals surface area contributed by atoms with E-state index in [9.17, 15) is 18.4 Å². The van der Waals surface area contributed by atoms with Crippen LogP contribution in [0.3, 0.4) is 0 Å². The lowest BCUT2D eigenvalue weighted by Crippen LogP contribution is -2.15. The first-order chi connectivity index (χ1) is 9.97. The van der Waals surface area contributed by atoms with E-state index in [-0.39, 0.29) is 12.1 Å². The third-order valence-corrected chi connectivity index (χ3v) is 2.74. The van der Waals surface area contributed by atoms with Crippen LogP contribution in [0.4, 0.5) is 14.5 Å². The second-order valence-electron chi connectivity index (χ2n) is 4.24. The molecule has 21 heavy (non-hydrogen) atoms. The highest BCUT2D eigenvalue weighted by Crippen LogP contribution is 2.20. The van der Waals surface area contributed by atoms with Gasteiger partial charge in [-0.2, -0.15) is 0 Å². The van der Waals surface area contributed by atoms with Gasteiger partial charge in [-0.1, -0.05) is 0 Å². The zero-order valence-corrected chi connectivity index (χ0v) is 10.7. The fraction of sp³-hybridized carbons (Fsp3) is 0.143. The largest absolute Gasteiger partial charge is 0.478 e. The molecule has 1 amide bonds. The van der Waals surface area contributed by atoms with E-state index < -0.39 is 29.1 Å². The Morgan fingerprint density at radius 1 is 1.24 bits per heavy atom. The number of benzene rings is 1. The zero-order valence-electron chi connectivity index (χ0n) is 10.7. The molecule has 7 heteroatoms. The summed E-state index contributed by atoms with van der Waals surface area (Å²) in [4.78, 5) is 22.7. The van der Waals surface area contributed by atoms with E-state index in [1.165, 1.54) is 6.26 Å². The fourth-order valence-electron chi connectivity index (χ4n) is 1.73. The topological polar surface area (TPSA) is 79.5 Å². The minimum absolute atomic E-state index is 0.0194. The van der Waals surface area contributed by atoms with Crippen LogP contribution in [0.15, 0.2) is 34.9 Å². The summed E-state index contributed by atoms with van der Waals surface area (Å²) in [5.74, 6) is -3.92. The molecule has 0 radical (unpaired) electrons. The van der Waals surface area contributed by atoms with Crippen molar-refractivity contribution in [1.82, 2.24) is 0 Å². The molecule has 0 aliphatic heterocycles. The molecule has 0 atom stereocenters. The Morgan fingerprint density at radius 2 is 1.95 bits per heavy atom. The fourth-order valence-corrected chi connectivity index (χ4v) is 1.73. The average molecular weight is 295 g/mol. The maximum Gasteiger partial charge on any atom is 0.337 e. The van der Waals surface area contributed by atoms with Crippen LogP contribution >= 0.6 is 0 Å². The number of carboxylic acid groups (broad SMARTS) is 1. The van der Waals surface area contributed by atoms with Gasteiger partial charge in [0.25, 0.3) is 0 Å². The second-order valence-corrected chi connectivity index (χ2v) is 4.24. The normalized spacial score (nSPS) is 10.4. The number of hydrogen-bond donors (Lipinski definition) is 2. The zero-order chi connectivity index (χ0) is 15.4. The Bertz CT molecular complexity index is 668. The highest BCUT2D eigenvalue weighted by atomic mass is 19.2. The molecule has 1 heterocycles. The van der Waals surface area contributed by atoms with E-state index in [0.717, 1.165) is 0 Å². The minimum Gasteiger partial charge on any atom is -0.478 e. The van der Waals surface area contributed by atoms with Gasteiger partial charge in [-0.05, 0) is 18.2 Å². The maximum absolute atomic E-state index is 13.1. The lowest BCUT2D eigenvalue weighted by atomic mass is 10.1. The Labute approximate surface area is 118 Å². The second kappa shape index (κ2) is 6.17. The van der Waals surface area contributed by atoms with Gasteiger partial charge in [0.2, 0.25) is 5.91 Å². The highest BCUT2D eigenvalue weighted by Gasteiger charge is 2.17. The lowest BCUT2D eigenvalue weighted by molar-refractivity contribution is -0.116. The molecule has 1 aromatic carbocycles. The maximum atomic E-state index is 13.1. The molecule has 0 saturated carbocycles. The van der Waals surface area contributed by atoms with Crippen LogP contribution in [-0.4, -0.2) is 17.0 Å². The average Bonchev–Trinajstić information content (AvgIpc) is 2.93. The van der Waals surface area contributed by atoms with Gasteiger partial charge in [-0.15, -0.1) is 0 Å². The van der Waals surface area contributed by atoms with Crippen molar-refractivity contribution in [2.75, 3.05) is 5.32 Å². The summed E-state index contributed by atoms with van der Waals surface area (Å²) in [6.07, 6.45) is 1.79. The van der Waals surface area contributed by atoms with Gasteiger partial charge in [-0.3, -0.25) is 4.79 Å². The number of carbonyl (C=O) groups is 2. The number of carboxylic acids is 1. The molecule has 1 aromatic heterocycles. The third-order valence-electron chi connectivity index (χ3n) is 2.74. The van der Waals surface area contributed by atoms with E-state index in [1.807, 2.05) is 0 Å². The molecule has 110 valence electrons. The summed E-state index contributed by atoms with van der Waals surface area (Å²) < 4.78 is 31.2. The van der Waals surface area contributed by atoms with Crippen molar-refractivity contribution < 1.29 is 27.9 Å². The summed E-state index contributed by atoms with van der Waals surface area (Å²) in [7, 11) is 0. The van der Waals surface area contributed by atoms with Gasteiger partial charge in [0, 0.05) is 18.9 Å². The smallest absolute Gasteiger partial charge is 0.337 e. The predicted molar refractivity (Wildman–Crippen MR) is 69.0 cm³/mol. The van der Waals surface area contributed by atoms with Crippen molar-refractivity contribution in [3.8, 4) is 0 Å². The third kappa shape index (κ3) is 3.65. The van der Waals surface area contributed by atoms with Gasteiger partial charge in [0.1, 0.15) is 5.76 Å². The first-order valence-electron chi connectivity index (χ1n) is 6.02. The Morgan fingerprint density at radius 3 is 2.57 bits per heavy atom. The number of aromatic carboxylic acids is 1. The number of aryl methyl sites for hydroxylation is 1. The van der Waals surface area contributed by atoms with E-state index in [0.29, 0.717) is 24.3 Å². The van der Waals surface area contributed by atoms with Crippen LogP contribution < -0.4 is 5.32 Å². The van der Waals surface area contributed by atoms with Crippen LogP contribution in [0, 0.1) is 11.6 Å². The summed E-state index contributed by atoms with van der Waals surface area (Å²) in [6.45, 7) is 0. The number of carbonyl (C=O) groups excluding carboxylic acids is 1. The molecule has 2 rings (SSSR count). The van der Waals surface area contributed by atoms with Crippen molar-refractivity contribution in [1.29, 1.82) is 0 Å². The molecular weight excluding hydrogens is 284 g/mol. The van der Waals surface area contributed by atoms with E-state index in [2.05, 4.69) is 5.32 Å². The quantitative estimate of drug-likeness (QED) is 0.889. The first kappa shape index (κ1) is 14.7. The highest BCUT2D eigenvalue weighted by molar-refractivity contribution is 6.00. The molecule has 0 aliphatic rings. The van der Waals surface area contributed by atoms with Crippen LogP contribution in [0.1, 0.15) is 22.5 Å². The number of hydrogen-bond acceptors (Lipinski definition) is 3. The number of halogens is 2. The summed E-state index contributed by atoms with van der Waals surface area (Å²) in [5.41, 5.74) is -0.800. The van der Waals surface area contributed by atoms with E-state index in [4.69, 9.17) is 9.52 Å². The Balaban J connectivity index is 2.09. The van der Waals surface area contributed by atoms with Crippen molar-refractivity contribution in [3.63, 3.8) is 0 Å². The van der Waals surface area contributed by atoms with Gasteiger partial charge < -0.3 is 14.8 Å². The lowest BCUT2D eigenvalue weighted by Gasteiger charge is -2.09. The first-order valence-corrected chi connectivity index (χ1v) is 6.02. The van der Waals surface area contributed by atoms with Crippen LogP contribution in [-0.2, 0) is 11.2 Å². The molecule has 5 nitrogen and oxygen atoms in total.